The highest BCUT2D eigenvalue weighted by Gasteiger charge is 2.22. The van der Waals surface area contributed by atoms with Gasteiger partial charge in [0.1, 0.15) is 0 Å². The monoisotopic (exact) mass is 386 g/mol. The van der Waals surface area contributed by atoms with Gasteiger partial charge < -0.3 is 20.1 Å². The van der Waals surface area contributed by atoms with Crippen molar-refractivity contribution in [3.05, 3.63) is 58.9 Å². The Labute approximate surface area is 163 Å². The number of carbonyl (C=O) groups excluding carboxylic acids is 2. The average molecular weight is 386 g/mol. The highest BCUT2D eigenvalue weighted by atomic mass is 19.1. The van der Waals surface area contributed by atoms with Gasteiger partial charge in [0.05, 0.1) is 19.8 Å². The van der Waals surface area contributed by atoms with E-state index in [-0.39, 0.29) is 18.2 Å². The molecule has 0 saturated heterocycles. The van der Waals surface area contributed by atoms with E-state index in [9.17, 15) is 14.0 Å². The number of halogens is 1. The van der Waals surface area contributed by atoms with Crippen molar-refractivity contribution in [1.82, 2.24) is 5.32 Å². The van der Waals surface area contributed by atoms with Gasteiger partial charge in [0.15, 0.2) is 11.6 Å². The Hall–Kier alpha value is -3.09. The molecule has 6 nitrogen and oxygen atoms in total. The van der Waals surface area contributed by atoms with Crippen molar-refractivity contribution in [3.8, 4) is 5.75 Å². The highest BCUT2D eigenvalue weighted by Crippen LogP contribution is 2.28. The van der Waals surface area contributed by atoms with Crippen molar-refractivity contribution < 1.29 is 23.5 Å². The van der Waals surface area contributed by atoms with E-state index in [1.54, 1.807) is 24.3 Å². The summed E-state index contributed by atoms with van der Waals surface area (Å²) in [5.41, 5.74) is 1.85. The molecule has 0 aromatic heterocycles. The van der Waals surface area contributed by atoms with Crippen molar-refractivity contribution in [2.45, 2.75) is 19.4 Å². The number of esters is 1. The number of amides is 1. The van der Waals surface area contributed by atoms with Gasteiger partial charge in [0.25, 0.3) is 5.91 Å². The Morgan fingerprint density at radius 2 is 1.93 bits per heavy atom. The summed E-state index contributed by atoms with van der Waals surface area (Å²) in [7, 11) is 2.69. The van der Waals surface area contributed by atoms with Gasteiger partial charge in [-0.05, 0) is 54.7 Å². The number of hydrogen-bond acceptors (Lipinski definition) is 5. The van der Waals surface area contributed by atoms with Gasteiger partial charge >= 0.3 is 5.97 Å². The van der Waals surface area contributed by atoms with E-state index in [1.165, 1.54) is 26.4 Å². The lowest BCUT2D eigenvalue weighted by Gasteiger charge is -2.13. The van der Waals surface area contributed by atoms with E-state index >= 15 is 0 Å². The Morgan fingerprint density at radius 1 is 1.14 bits per heavy atom. The molecule has 7 heteroatoms. The molecule has 1 saturated carbocycles. The standard InChI is InChI=1S/C21H23FN2O4/c1-27-19-8-5-14(9-17(19)22)12-23-18-10-15(6-7-16(18)21(26)28-2)20(25)24-11-13-3-4-13/h5-10,13,23H,3-4,11-12H2,1-2H3,(H,24,25). The van der Waals surface area contributed by atoms with Crippen LogP contribution in [0.15, 0.2) is 36.4 Å². The highest BCUT2D eigenvalue weighted by molar-refractivity contribution is 6.00. The topological polar surface area (TPSA) is 76.7 Å². The molecule has 1 aliphatic carbocycles. The number of hydrogen-bond donors (Lipinski definition) is 2. The number of anilines is 1. The summed E-state index contributed by atoms with van der Waals surface area (Å²) in [4.78, 5) is 24.4. The Balaban J connectivity index is 1.77. The average Bonchev–Trinajstić information content (AvgIpc) is 3.54. The number of benzene rings is 2. The Kier molecular flexibility index (Phi) is 6.13. The van der Waals surface area contributed by atoms with Crippen LogP contribution < -0.4 is 15.4 Å². The van der Waals surface area contributed by atoms with Crippen LogP contribution in [0, 0.1) is 11.7 Å². The first-order valence-corrected chi connectivity index (χ1v) is 9.08. The number of methoxy groups -OCH3 is 2. The van der Waals surface area contributed by atoms with Gasteiger partial charge in [-0.1, -0.05) is 6.07 Å². The van der Waals surface area contributed by atoms with Crippen LogP contribution >= 0.6 is 0 Å². The van der Waals surface area contributed by atoms with E-state index in [1.807, 2.05) is 0 Å². The first-order valence-electron chi connectivity index (χ1n) is 9.08. The van der Waals surface area contributed by atoms with Crippen LogP contribution in [0.4, 0.5) is 10.1 Å². The van der Waals surface area contributed by atoms with E-state index < -0.39 is 11.8 Å². The van der Waals surface area contributed by atoms with E-state index in [4.69, 9.17) is 9.47 Å². The summed E-state index contributed by atoms with van der Waals surface area (Å²) in [6, 6.07) is 9.36. The van der Waals surface area contributed by atoms with Crippen LogP contribution in [0.2, 0.25) is 0 Å². The second-order valence-electron chi connectivity index (χ2n) is 6.73. The predicted molar refractivity (Wildman–Crippen MR) is 103 cm³/mol. The summed E-state index contributed by atoms with van der Waals surface area (Å²) in [6.45, 7) is 0.920. The summed E-state index contributed by atoms with van der Waals surface area (Å²) in [5, 5.41) is 5.99. The van der Waals surface area contributed by atoms with Gasteiger partial charge in [-0.2, -0.15) is 0 Å². The maximum Gasteiger partial charge on any atom is 0.339 e. The summed E-state index contributed by atoms with van der Waals surface area (Å²) >= 11 is 0. The largest absolute Gasteiger partial charge is 0.494 e. The fraction of sp³-hybridized carbons (Fsp3) is 0.333. The fourth-order valence-corrected chi connectivity index (χ4v) is 2.80. The molecule has 2 aromatic rings. The minimum Gasteiger partial charge on any atom is -0.494 e. The smallest absolute Gasteiger partial charge is 0.339 e. The maximum absolute atomic E-state index is 13.9. The molecule has 2 N–H and O–H groups in total. The molecule has 0 heterocycles. The molecule has 1 fully saturated rings. The minimum atomic E-state index is -0.520. The lowest BCUT2D eigenvalue weighted by atomic mass is 10.1. The van der Waals surface area contributed by atoms with Crippen molar-refractivity contribution >= 4 is 17.6 Å². The van der Waals surface area contributed by atoms with Gasteiger partial charge in [0.2, 0.25) is 0 Å². The molecule has 0 aliphatic heterocycles. The van der Waals surface area contributed by atoms with Crippen molar-refractivity contribution in [2.24, 2.45) is 5.92 Å². The molecule has 3 rings (SSSR count). The zero-order valence-electron chi connectivity index (χ0n) is 15.9. The lowest BCUT2D eigenvalue weighted by Crippen LogP contribution is -2.25. The van der Waals surface area contributed by atoms with Crippen LogP contribution in [-0.4, -0.2) is 32.6 Å². The quantitative estimate of drug-likeness (QED) is 0.681. The van der Waals surface area contributed by atoms with E-state index in [2.05, 4.69) is 10.6 Å². The van der Waals surface area contributed by atoms with Crippen LogP contribution in [0.3, 0.4) is 0 Å². The van der Waals surface area contributed by atoms with Crippen LogP contribution in [0.5, 0.6) is 5.75 Å². The van der Waals surface area contributed by atoms with Gasteiger partial charge in [0, 0.05) is 24.3 Å². The molecule has 0 atom stereocenters. The lowest BCUT2D eigenvalue weighted by molar-refractivity contribution is 0.0601. The van der Waals surface area contributed by atoms with Crippen molar-refractivity contribution in [3.63, 3.8) is 0 Å². The third-order valence-electron chi connectivity index (χ3n) is 4.63. The summed E-state index contributed by atoms with van der Waals surface area (Å²) < 4.78 is 23.6. The SMILES string of the molecule is COC(=O)c1ccc(C(=O)NCC2CC2)cc1NCc1ccc(OC)c(F)c1. The van der Waals surface area contributed by atoms with Gasteiger partial charge in [-0.15, -0.1) is 0 Å². The molecule has 0 spiro atoms. The zero-order chi connectivity index (χ0) is 20.1. The molecular formula is C21H23FN2O4. The molecule has 1 aliphatic rings. The first-order chi connectivity index (χ1) is 13.5. The molecule has 148 valence electrons. The first kappa shape index (κ1) is 19.7. The van der Waals surface area contributed by atoms with Crippen LogP contribution in [-0.2, 0) is 11.3 Å². The Bertz CT molecular complexity index is 881. The molecule has 0 unspecified atom stereocenters. The van der Waals surface area contributed by atoms with Gasteiger partial charge in [-0.3, -0.25) is 4.79 Å². The molecule has 28 heavy (non-hydrogen) atoms. The third kappa shape index (κ3) is 4.79. The summed E-state index contributed by atoms with van der Waals surface area (Å²) in [5.74, 6) is -0.451. The van der Waals surface area contributed by atoms with Crippen molar-refractivity contribution in [1.29, 1.82) is 0 Å². The second-order valence-corrected chi connectivity index (χ2v) is 6.73. The molecule has 1 amide bonds. The number of ether oxygens (including phenoxy) is 2. The van der Waals surface area contributed by atoms with Crippen LogP contribution in [0.1, 0.15) is 39.1 Å². The zero-order valence-corrected chi connectivity index (χ0v) is 15.9. The molecular weight excluding hydrogens is 363 g/mol. The normalized spacial score (nSPS) is 13.0. The molecule has 2 aromatic carbocycles. The second kappa shape index (κ2) is 8.73. The number of nitrogens with one attached hydrogen (secondary N) is 2. The predicted octanol–water partition coefficient (Wildman–Crippen LogP) is 3.37. The van der Waals surface area contributed by atoms with E-state index in [0.717, 1.165) is 12.8 Å². The van der Waals surface area contributed by atoms with Crippen molar-refractivity contribution in [2.75, 3.05) is 26.1 Å². The summed E-state index contributed by atoms with van der Waals surface area (Å²) in [6.07, 6.45) is 2.29. The Morgan fingerprint density at radius 3 is 2.57 bits per heavy atom. The van der Waals surface area contributed by atoms with E-state index in [0.29, 0.717) is 34.8 Å². The van der Waals surface area contributed by atoms with Gasteiger partial charge in [-0.25, -0.2) is 9.18 Å². The van der Waals surface area contributed by atoms with Crippen LogP contribution in [0.25, 0.3) is 0 Å². The number of rotatable bonds is 8. The number of carbonyl (C=O) groups is 2. The minimum absolute atomic E-state index is 0.160. The molecule has 0 bridgehead atoms. The maximum atomic E-state index is 13.9. The molecule has 0 radical (unpaired) electrons. The fourth-order valence-electron chi connectivity index (χ4n) is 2.80. The third-order valence-corrected chi connectivity index (χ3v) is 4.63.